The second-order valence-electron chi connectivity index (χ2n) is 7.55. The number of benzene rings is 3. The highest BCUT2D eigenvalue weighted by Crippen LogP contribution is 2.29. The summed E-state index contributed by atoms with van der Waals surface area (Å²) in [5, 5.41) is 0. The normalized spacial score (nSPS) is 11.7. The molecule has 0 unspecified atom stereocenters. The minimum atomic E-state index is -4.44. The van der Waals surface area contributed by atoms with E-state index >= 15 is 0 Å². The van der Waals surface area contributed by atoms with Gasteiger partial charge in [0.15, 0.2) is 0 Å². The van der Waals surface area contributed by atoms with Crippen molar-refractivity contribution in [2.75, 3.05) is 25.5 Å². The molecular formula is C24H23F3N2O4S. The molecule has 0 aliphatic heterocycles. The molecule has 34 heavy (non-hydrogen) atoms. The predicted octanol–water partition coefficient (Wildman–Crippen LogP) is 4.81. The first-order valence-corrected chi connectivity index (χ1v) is 11.5. The molecule has 0 saturated heterocycles. The summed E-state index contributed by atoms with van der Waals surface area (Å²) in [7, 11) is 0.447. The predicted molar refractivity (Wildman–Crippen MR) is 122 cm³/mol. The van der Waals surface area contributed by atoms with Crippen LogP contribution in [0.1, 0.15) is 21.5 Å². The van der Waals surface area contributed by atoms with Gasteiger partial charge in [0.05, 0.1) is 23.3 Å². The van der Waals surface area contributed by atoms with Gasteiger partial charge in [-0.2, -0.15) is 13.2 Å². The summed E-state index contributed by atoms with van der Waals surface area (Å²) in [6.45, 7) is 0.0553. The Morgan fingerprint density at radius 2 is 1.56 bits per heavy atom. The van der Waals surface area contributed by atoms with E-state index in [4.69, 9.17) is 4.74 Å². The number of methoxy groups -OCH3 is 1. The number of rotatable bonds is 7. The fraction of sp³-hybridized carbons (Fsp3) is 0.208. The maximum atomic E-state index is 13.1. The summed E-state index contributed by atoms with van der Waals surface area (Å²) in [4.78, 5) is 14.1. The monoisotopic (exact) mass is 492 g/mol. The minimum absolute atomic E-state index is 0.0553. The van der Waals surface area contributed by atoms with Crippen molar-refractivity contribution in [3.05, 3.63) is 89.5 Å². The number of nitrogens with zero attached hydrogens (tertiary/aromatic N) is 2. The molecule has 0 saturated carbocycles. The number of sulfonamides is 1. The van der Waals surface area contributed by atoms with Crippen LogP contribution in [-0.2, 0) is 22.7 Å². The molecule has 0 bridgehead atoms. The van der Waals surface area contributed by atoms with Crippen molar-refractivity contribution in [2.24, 2.45) is 0 Å². The number of hydrogen-bond acceptors (Lipinski definition) is 4. The van der Waals surface area contributed by atoms with Crippen molar-refractivity contribution < 1.29 is 31.1 Å². The lowest BCUT2D eigenvalue weighted by molar-refractivity contribution is -0.137. The Bertz CT molecular complexity index is 1260. The van der Waals surface area contributed by atoms with E-state index in [1.807, 2.05) is 0 Å². The number of hydrogen-bond donors (Lipinski definition) is 0. The van der Waals surface area contributed by atoms with Crippen LogP contribution in [0.4, 0.5) is 18.9 Å². The molecule has 0 N–H and O–H groups in total. The highest BCUT2D eigenvalue weighted by atomic mass is 32.2. The lowest BCUT2D eigenvalue weighted by atomic mass is 10.1. The number of alkyl halides is 3. The van der Waals surface area contributed by atoms with E-state index in [0.717, 1.165) is 16.4 Å². The van der Waals surface area contributed by atoms with Gasteiger partial charge in [0, 0.05) is 26.2 Å². The average Bonchev–Trinajstić information content (AvgIpc) is 2.83. The standard InChI is InChI=1S/C24H23F3N2O4S/c1-28(16-17-7-9-19(10-8-17)24(25,26)27)23(30)18-5-4-6-22(15-18)34(31,32)29(2)20-11-13-21(33-3)14-12-20/h4-15H,16H2,1-3H3. The van der Waals surface area contributed by atoms with Crippen LogP contribution in [0.5, 0.6) is 5.75 Å². The van der Waals surface area contributed by atoms with Crippen LogP contribution in [0.3, 0.4) is 0 Å². The smallest absolute Gasteiger partial charge is 0.416 e. The molecule has 6 nitrogen and oxygen atoms in total. The lowest BCUT2D eigenvalue weighted by Gasteiger charge is -2.21. The quantitative estimate of drug-likeness (QED) is 0.475. The fourth-order valence-corrected chi connectivity index (χ4v) is 4.49. The Kier molecular flexibility index (Phi) is 7.21. The van der Waals surface area contributed by atoms with Crippen LogP contribution in [0.2, 0.25) is 0 Å². The molecule has 0 radical (unpaired) electrons. The number of ether oxygens (including phenoxy) is 1. The Balaban J connectivity index is 1.78. The van der Waals surface area contributed by atoms with Gasteiger partial charge in [-0.25, -0.2) is 8.42 Å². The molecule has 10 heteroatoms. The molecular weight excluding hydrogens is 469 g/mol. The second kappa shape index (κ2) is 9.76. The van der Waals surface area contributed by atoms with Gasteiger partial charge in [-0.1, -0.05) is 18.2 Å². The third-order valence-corrected chi connectivity index (χ3v) is 7.00. The van der Waals surface area contributed by atoms with Crippen molar-refractivity contribution in [3.8, 4) is 5.75 Å². The molecule has 0 aliphatic rings. The largest absolute Gasteiger partial charge is 0.497 e. The van der Waals surface area contributed by atoms with E-state index in [1.54, 1.807) is 24.3 Å². The molecule has 0 aromatic heterocycles. The molecule has 0 fully saturated rings. The Morgan fingerprint density at radius 3 is 2.12 bits per heavy atom. The lowest BCUT2D eigenvalue weighted by Crippen LogP contribution is -2.28. The number of anilines is 1. The van der Waals surface area contributed by atoms with E-state index in [9.17, 15) is 26.4 Å². The average molecular weight is 493 g/mol. The summed E-state index contributed by atoms with van der Waals surface area (Å²) in [5.41, 5.74) is 0.284. The minimum Gasteiger partial charge on any atom is -0.497 e. The van der Waals surface area contributed by atoms with Crippen molar-refractivity contribution in [1.82, 2.24) is 4.90 Å². The summed E-state index contributed by atoms with van der Waals surface area (Å²) in [6, 6.07) is 16.6. The third-order valence-electron chi connectivity index (χ3n) is 5.22. The van der Waals surface area contributed by atoms with Gasteiger partial charge in [-0.3, -0.25) is 9.10 Å². The maximum absolute atomic E-state index is 13.1. The molecule has 0 atom stereocenters. The van der Waals surface area contributed by atoms with Gasteiger partial charge >= 0.3 is 6.18 Å². The zero-order valence-electron chi connectivity index (χ0n) is 18.7. The summed E-state index contributed by atoms with van der Waals surface area (Å²) < 4.78 is 70.6. The summed E-state index contributed by atoms with van der Waals surface area (Å²) in [5.74, 6) is 0.113. The zero-order valence-corrected chi connectivity index (χ0v) is 19.5. The molecule has 3 aromatic rings. The number of amides is 1. The maximum Gasteiger partial charge on any atom is 0.416 e. The number of carbonyl (C=O) groups excluding carboxylic acids is 1. The second-order valence-corrected chi connectivity index (χ2v) is 9.52. The first-order chi connectivity index (χ1) is 15.9. The van der Waals surface area contributed by atoms with Crippen molar-refractivity contribution >= 4 is 21.6 Å². The van der Waals surface area contributed by atoms with E-state index in [2.05, 4.69) is 0 Å². The van der Waals surface area contributed by atoms with Crippen molar-refractivity contribution in [2.45, 2.75) is 17.6 Å². The topological polar surface area (TPSA) is 66.9 Å². The first-order valence-electron chi connectivity index (χ1n) is 10.1. The van der Waals surface area contributed by atoms with Crippen molar-refractivity contribution in [1.29, 1.82) is 0 Å². The van der Waals surface area contributed by atoms with E-state index < -0.39 is 27.7 Å². The van der Waals surface area contributed by atoms with E-state index in [-0.39, 0.29) is 17.0 Å². The fourth-order valence-electron chi connectivity index (χ4n) is 3.24. The van der Waals surface area contributed by atoms with Gasteiger partial charge in [0.2, 0.25) is 0 Å². The first kappa shape index (κ1) is 25.1. The molecule has 0 aliphatic carbocycles. The van der Waals surface area contributed by atoms with Gasteiger partial charge in [0.25, 0.3) is 15.9 Å². The van der Waals surface area contributed by atoms with E-state index in [1.165, 1.54) is 62.5 Å². The molecule has 1 amide bonds. The Morgan fingerprint density at radius 1 is 0.941 bits per heavy atom. The molecule has 0 spiro atoms. The van der Waals surface area contributed by atoms with Crippen LogP contribution in [0.15, 0.2) is 77.7 Å². The van der Waals surface area contributed by atoms with Gasteiger partial charge in [0.1, 0.15) is 5.75 Å². The zero-order chi connectivity index (χ0) is 25.1. The van der Waals surface area contributed by atoms with Crippen LogP contribution in [0, 0.1) is 0 Å². The SMILES string of the molecule is COc1ccc(N(C)S(=O)(=O)c2cccc(C(=O)N(C)Cc3ccc(C(F)(F)F)cc3)c2)cc1. The number of carbonyl (C=O) groups is 1. The molecule has 180 valence electrons. The molecule has 3 rings (SSSR count). The number of halogens is 3. The molecule has 0 heterocycles. The van der Waals surface area contributed by atoms with Crippen LogP contribution in [-0.4, -0.2) is 40.4 Å². The Hall–Kier alpha value is -3.53. The Labute approximate surface area is 196 Å². The van der Waals surface area contributed by atoms with Crippen LogP contribution < -0.4 is 9.04 Å². The summed E-state index contributed by atoms with van der Waals surface area (Å²) in [6.07, 6.45) is -4.44. The third kappa shape index (κ3) is 5.51. The van der Waals surface area contributed by atoms with Crippen LogP contribution >= 0.6 is 0 Å². The van der Waals surface area contributed by atoms with Gasteiger partial charge in [-0.05, 0) is 60.2 Å². The highest BCUT2D eigenvalue weighted by Gasteiger charge is 2.30. The van der Waals surface area contributed by atoms with Crippen LogP contribution in [0.25, 0.3) is 0 Å². The summed E-state index contributed by atoms with van der Waals surface area (Å²) >= 11 is 0. The van der Waals surface area contributed by atoms with Gasteiger partial charge < -0.3 is 9.64 Å². The van der Waals surface area contributed by atoms with E-state index in [0.29, 0.717) is 17.0 Å². The highest BCUT2D eigenvalue weighted by molar-refractivity contribution is 7.92. The van der Waals surface area contributed by atoms with Gasteiger partial charge in [-0.15, -0.1) is 0 Å². The molecule has 3 aromatic carbocycles. The van der Waals surface area contributed by atoms with Crippen molar-refractivity contribution in [3.63, 3.8) is 0 Å².